The van der Waals surface area contributed by atoms with E-state index in [4.69, 9.17) is 0 Å². The van der Waals surface area contributed by atoms with Crippen LogP contribution in [0.25, 0.3) is 10.9 Å². The number of fused-ring (bicyclic) bond motifs is 1. The van der Waals surface area contributed by atoms with Crippen molar-refractivity contribution in [3.05, 3.63) is 35.9 Å². The van der Waals surface area contributed by atoms with Crippen LogP contribution in [0.1, 0.15) is 32.3 Å². The van der Waals surface area contributed by atoms with E-state index in [1.807, 2.05) is 39.0 Å². The predicted octanol–water partition coefficient (Wildman–Crippen LogP) is 3.51. The molecule has 2 N–H and O–H groups in total. The molecule has 0 aliphatic carbocycles. The Morgan fingerprint density at radius 3 is 2.58 bits per heavy atom. The number of pyridine rings is 1. The average molecular weight is 258 g/mol. The SMILES string of the molecule is CCC(O)(CC)CNc1nc2ccccc2cc1C. The number of nitrogens with one attached hydrogen (secondary N) is 1. The van der Waals surface area contributed by atoms with E-state index >= 15 is 0 Å². The number of para-hydroxylation sites is 1. The first-order valence-electron chi connectivity index (χ1n) is 6.90. The molecule has 0 spiro atoms. The van der Waals surface area contributed by atoms with Gasteiger partial charge in [0, 0.05) is 11.9 Å². The van der Waals surface area contributed by atoms with Gasteiger partial charge in [0.15, 0.2) is 0 Å². The van der Waals surface area contributed by atoms with Crippen molar-refractivity contribution in [1.82, 2.24) is 4.98 Å². The van der Waals surface area contributed by atoms with Crippen LogP contribution in [0.2, 0.25) is 0 Å². The van der Waals surface area contributed by atoms with Gasteiger partial charge in [0.1, 0.15) is 5.82 Å². The Kier molecular flexibility index (Phi) is 4.05. The van der Waals surface area contributed by atoms with Crippen LogP contribution in [0.4, 0.5) is 5.82 Å². The lowest BCUT2D eigenvalue weighted by molar-refractivity contribution is 0.0456. The molecule has 1 heterocycles. The summed E-state index contributed by atoms with van der Waals surface area (Å²) in [6.07, 6.45) is 1.48. The van der Waals surface area contributed by atoms with Gasteiger partial charge in [0.05, 0.1) is 11.1 Å². The molecule has 0 saturated heterocycles. The first-order chi connectivity index (χ1) is 9.08. The van der Waals surface area contributed by atoms with Crippen LogP contribution in [0.15, 0.2) is 30.3 Å². The summed E-state index contributed by atoms with van der Waals surface area (Å²) >= 11 is 0. The molecule has 3 nitrogen and oxygen atoms in total. The maximum absolute atomic E-state index is 10.3. The van der Waals surface area contributed by atoms with Crippen LogP contribution in [0, 0.1) is 6.92 Å². The highest BCUT2D eigenvalue weighted by molar-refractivity contribution is 5.81. The van der Waals surface area contributed by atoms with Crippen molar-refractivity contribution in [3.63, 3.8) is 0 Å². The van der Waals surface area contributed by atoms with E-state index in [-0.39, 0.29) is 0 Å². The van der Waals surface area contributed by atoms with E-state index < -0.39 is 5.60 Å². The number of benzene rings is 1. The Labute approximate surface area is 114 Å². The van der Waals surface area contributed by atoms with Gasteiger partial charge < -0.3 is 10.4 Å². The number of aryl methyl sites for hydroxylation is 1. The van der Waals surface area contributed by atoms with Crippen molar-refractivity contribution in [1.29, 1.82) is 0 Å². The molecule has 0 unspecified atom stereocenters. The van der Waals surface area contributed by atoms with Gasteiger partial charge in [-0.25, -0.2) is 4.98 Å². The third-order valence-electron chi connectivity index (χ3n) is 3.82. The molecule has 1 aromatic carbocycles. The van der Waals surface area contributed by atoms with Gasteiger partial charge in [0.2, 0.25) is 0 Å². The van der Waals surface area contributed by atoms with Crippen LogP contribution in [0.3, 0.4) is 0 Å². The Morgan fingerprint density at radius 1 is 1.21 bits per heavy atom. The van der Waals surface area contributed by atoms with E-state index in [1.54, 1.807) is 0 Å². The van der Waals surface area contributed by atoms with Gasteiger partial charge in [-0.05, 0) is 37.5 Å². The number of anilines is 1. The van der Waals surface area contributed by atoms with Crippen LogP contribution in [-0.2, 0) is 0 Å². The molecule has 2 aromatic rings. The standard InChI is InChI=1S/C16H22N2O/c1-4-16(19,5-2)11-17-15-12(3)10-13-8-6-7-9-14(13)18-15/h6-10,19H,4-5,11H2,1-3H3,(H,17,18). The van der Waals surface area contributed by atoms with Crippen LogP contribution in [-0.4, -0.2) is 22.2 Å². The topological polar surface area (TPSA) is 45.1 Å². The second kappa shape index (κ2) is 5.57. The van der Waals surface area contributed by atoms with E-state index in [1.165, 1.54) is 0 Å². The van der Waals surface area contributed by atoms with Gasteiger partial charge in [0.25, 0.3) is 0 Å². The minimum atomic E-state index is -0.653. The quantitative estimate of drug-likeness (QED) is 0.862. The molecule has 0 aliphatic heterocycles. The molecule has 102 valence electrons. The van der Waals surface area contributed by atoms with E-state index in [9.17, 15) is 5.11 Å². The normalized spacial score (nSPS) is 11.8. The fraction of sp³-hybridized carbons (Fsp3) is 0.438. The summed E-state index contributed by atoms with van der Waals surface area (Å²) in [6.45, 7) is 6.59. The summed E-state index contributed by atoms with van der Waals surface area (Å²) < 4.78 is 0. The average Bonchev–Trinajstić information content (AvgIpc) is 2.44. The fourth-order valence-electron chi connectivity index (χ4n) is 2.15. The minimum absolute atomic E-state index is 0.534. The molecule has 19 heavy (non-hydrogen) atoms. The number of aromatic nitrogens is 1. The zero-order chi connectivity index (χ0) is 13.9. The molecule has 0 saturated carbocycles. The van der Waals surface area contributed by atoms with Gasteiger partial charge in [-0.1, -0.05) is 32.0 Å². The summed E-state index contributed by atoms with van der Waals surface area (Å²) in [4.78, 5) is 4.62. The maximum atomic E-state index is 10.3. The molecule has 0 bridgehead atoms. The van der Waals surface area contributed by atoms with Crippen molar-refractivity contribution in [2.75, 3.05) is 11.9 Å². The molecular formula is C16H22N2O. The lowest BCUT2D eigenvalue weighted by atomic mass is 9.97. The van der Waals surface area contributed by atoms with Crippen molar-refractivity contribution >= 4 is 16.7 Å². The fourth-order valence-corrected chi connectivity index (χ4v) is 2.15. The lowest BCUT2D eigenvalue weighted by Crippen LogP contribution is -2.35. The smallest absolute Gasteiger partial charge is 0.129 e. The number of rotatable bonds is 5. The molecule has 1 aromatic heterocycles. The molecule has 0 amide bonds. The zero-order valence-corrected chi connectivity index (χ0v) is 11.9. The van der Waals surface area contributed by atoms with Crippen molar-refractivity contribution in [2.45, 2.75) is 39.2 Å². The predicted molar refractivity (Wildman–Crippen MR) is 80.5 cm³/mol. The monoisotopic (exact) mass is 258 g/mol. The van der Waals surface area contributed by atoms with Gasteiger partial charge >= 0.3 is 0 Å². The van der Waals surface area contributed by atoms with Crippen molar-refractivity contribution in [3.8, 4) is 0 Å². The Balaban J connectivity index is 2.23. The number of hydrogen-bond donors (Lipinski definition) is 2. The molecule has 3 heteroatoms. The van der Waals surface area contributed by atoms with Gasteiger partial charge in [-0.15, -0.1) is 0 Å². The second-order valence-electron chi connectivity index (χ2n) is 5.13. The van der Waals surface area contributed by atoms with Crippen molar-refractivity contribution in [2.24, 2.45) is 0 Å². The summed E-state index contributed by atoms with van der Waals surface area (Å²) in [5, 5.41) is 14.7. The van der Waals surface area contributed by atoms with Crippen LogP contribution in [0.5, 0.6) is 0 Å². The minimum Gasteiger partial charge on any atom is -0.388 e. The maximum Gasteiger partial charge on any atom is 0.129 e. The number of nitrogens with zero attached hydrogens (tertiary/aromatic N) is 1. The van der Waals surface area contributed by atoms with E-state index in [0.717, 1.165) is 35.1 Å². The Hall–Kier alpha value is -1.61. The zero-order valence-electron chi connectivity index (χ0n) is 11.9. The van der Waals surface area contributed by atoms with Crippen LogP contribution >= 0.6 is 0 Å². The number of hydrogen-bond acceptors (Lipinski definition) is 3. The first-order valence-corrected chi connectivity index (χ1v) is 6.90. The summed E-state index contributed by atoms with van der Waals surface area (Å²) in [7, 11) is 0. The van der Waals surface area contributed by atoms with E-state index in [0.29, 0.717) is 6.54 Å². The molecule has 0 fully saturated rings. The third kappa shape index (κ3) is 3.04. The third-order valence-corrected chi connectivity index (χ3v) is 3.82. The first kappa shape index (κ1) is 13.8. The Bertz CT molecular complexity index is 562. The second-order valence-corrected chi connectivity index (χ2v) is 5.13. The highest BCUT2D eigenvalue weighted by atomic mass is 16.3. The van der Waals surface area contributed by atoms with E-state index in [2.05, 4.69) is 22.4 Å². The Morgan fingerprint density at radius 2 is 1.89 bits per heavy atom. The largest absolute Gasteiger partial charge is 0.388 e. The molecular weight excluding hydrogens is 236 g/mol. The highest BCUT2D eigenvalue weighted by Crippen LogP contribution is 2.21. The molecule has 0 aliphatic rings. The number of aliphatic hydroxyl groups is 1. The lowest BCUT2D eigenvalue weighted by Gasteiger charge is -2.26. The molecule has 0 atom stereocenters. The summed E-state index contributed by atoms with van der Waals surface area (Å²) in [5.41, 5.74) is 1.43. The van der Waals surface area contributed by atoms with Gasteiger partial charge in [-0.2, -0.15) is 0 Å². The molecule has 2 rings (SSSR count). The van der Waals surface area contributed by atoms with Crippen molar-refractivity contribution < 1.29 is 5.11 Å². The van der Waals surface area contributed by atoms with Gasteiger partial charge in [-0.3, -0.25) is 0 Å². The molecule has 0 radical (unpaired) electrons. The highest BCUT2D eigenvalue weighted by Gasteiger charge is 2.22. The summed E-state index contributed by atoms with van der Waals surface area (Å²) in [6, 6.07) is 10.2. The summed E-state index contributed by atoms with van der Waals surface area (Å²) in [5.74, 6) is 0.860. The van der Waals surface area contributed by atoms with Crippen LogP contribution < -0.4 is 5.32 Å².